The minimum absolute atomic E-state index is 0.0101. The molecule has 1 amide bonds. The number of nitrogens with one attached hydrogen (secondary N) is 1. The smallest absolute Gasteiger partial charge is 0.309 e. The highest BCUT2D eigenvalue weighted by atomic mass is 16.5. The molecule has 0 aromatic carbocycles. The molecule has 2 aliphatic rings. The average Bonchev–Trinajstić information content (AvgIpc) is 2.99. The summed E-state index contributed by atoms with van der Waals surface area (Å²) < 4.78 is 5.64. The molecular formula is C13H21NO4. The van der Waals surface area contributed by atoms with Crippen molar-refractivity contribution in [3.8, 4) is 0 Å². The van der Waals surface area contributed by atoms with Gasteiger partial charge in [-0.3, -0.25) is 9.59 Å². The van der Waals surface area contributed by atoms with Crippen molar-refractivity contribution in [1.29, 1.82) is 0 Å². The van der Waals surface area contributed by atoms with Gasteiger partial charge in [0.15, 0.2) is 0 Å². The lowest BCUT2D eigenvalue weighted by Gasteiger charge is -2.23. The van der Waals surface area contributed by atoms with Crippen LogP contribution in [-0.4, -0.2) is 35.7 Å². The first kappa shape index (κ1) is 13.3. The number of hydrogen-bond donors (Lipinski definition) is 2. The Labute approximate surface area is 107 Å². The Balaban J connectivity index is 1.85. The highest BCUT2D eigenvalue weighted by Crippen LogP contribution is 2.38. The molecule has 2 unspecified atom stereocenters. The zero-order valence-electron chi connectivity index (χ0n) is 10.9. The van der Waals surface area contributed by atoms with E-state index in [0.29, 0.717) is 12.5 Å². The third-order valence-corrected chi connectivity index (χ3v) is 3.75. The molecule has 1 saturated carbocycles. The van der Waals surface area contributed by atoms with Gasteiger partial charge >= 0.3 is 5.97 Å². The van der Waals surface area contributed by atoms with Crippen LogP contribution in [0.4, 0.5) is 0 Å². The second-order valence-corrected chi connectivity index (χ2v) is 6.00. The fourth-order valence-corrected chi connectivity index (χ4v) is 2.39. The molecule has 2 fully saturated rings. The fraction of sp³-hybridized carbons (Fsp3) is 0.846. The van der Waals surface area contributed by atoms with E-state index < -0.39 is 11.4 Å². The maximum atomic E-state index is 11.9. The highest BCUT2D eigenvalue weighted by Gasteiger charge is 2.41. The zero-order chi connectivity index (χ0) is 13.3. The van der Waals surface area contributed by atoms with Crippen LogP contribution in [0.3, 0.4) is 0 Å². The molecule has 18 heavy (non-hydrogen) atoms. The lowest BCUT2D eigenvalue weighted by atomic mass is 9.89. The van der Waals surface area contributed by atoms with Crippen molar-refractivity contribution in [2.45, 2.75) is 51.7 Å². The summed E-state index contributed by atoms with van der Waals surface area (Å²) in [5.41, 5.74) is -1.02. The summed E-state index contributed by atoms with van der Waals surface area (Å²) in [5, 5.41) is 11.9. The number of carboxylic acid groups (broad SMARTS) is 1. The van der Waals surface area contributed by atoms with Gasteiger partial charge in [0.1, 0.15) is 0 Å². The van der Waals surface area contributed by atoms with Crippen molar-refractivity contribution in [1.82, 2.24) is 5.32 Å². The minimum atomic E-state index is -1.02. The van der Waals surface area contributed by atoms with E-state index in [-0.39, 0.29) is 24.5 Å². The van der Waals surface area contributed by atoms with Gasteiger partial charge in [-0.25, -0.2) is 0 Å². The summed E-state index contributed by atoms with van der Waals surface area (Å²) in [6, 6.07) is 0.0644. The monoisotopic (exact) mass is 255 g/mol. The molecule has 1 aliphatic heterocycles. The molecule has 5 heteroatoms. The van der Waals surface area contributed by atoms with E-state index in [2.05, 4.69) is 5.32 Å². The van der Waals surface area contributed by atoms with Crippen molar-refractivity contribution in [2.75, 3.05) is 6.61 Å². The predicted octanol–water partition coefficient (Wildman–Crippen LogP) is 1.17. The summed E-state index contributed by atoms with van der Waals surface area (Å²) >= 11 is 0. The van der Waals surface area contributed by atoms with Crippen LogP contribution in [0.25, 0.3) is 0 Å². The fourth-order valence-electron chi connectivity index (χ4n) is 2.39. The highest BCUT2D eigenvalue weighted by molar-refractivity contribution is 5.84. The van der Waals surface area contributed by atoms with Gasteiger partial charge in [0.25, 0.3) is 0 Å². The summed E-state index contributed by atoms with van der Waals surface area (Å²) in [6.45, 7) is 3.82. The Bertz CT molecular complexity index is 349. The Morgan fingerprint density at radius 1 is 1.33 bits per heavy atom. The van der Waals surface area contributed by atoms with Crippen LogP contribution in [0, 0.1) is 11.3 Å². The molecule has 0 radical (unpaired) electrons. The lowest BCUT2D eigenvalue weighted by molar-refractivity contribution is -0.149. The molecule has 0 aromatic rings. The molecule has 0 spiro atoms. The SMILES string of the molecule is CC(C)(CC(=O)NC1CCOC1C1CC1)C(=O)O. The van der Waals surface area contributed by atoms with E-state index in [0.717, 1.165) is 6.42 Å². The van der Waals surface area contributed by atoms with Gasteiger partial charge in [0, 0.05) is 13.0 Å². The lowest BCUT2D eigenvalue weighted by Crippen LogP contribution is -2.43. The van der Waals surface area contributed by atoms with E-state index in [1.807, 2.05) is 0 Å². The van der Waals surface area contributed by atoms with Crippen LogP contribution in [0.2, 0.25) is 0 Å². The van der Waals surface area contributed by atoms with Crippen molar-refractivity contribution in [2.24, 2.45) is 11.3 Å². The molecule has 5 nitrogen and oxygen atoms in total. The Kier molecular flexibility index (Phi) is 3.61. The van der Waals surface area contributed by atoms with E-state index in [9.17, 15) is 9.59 Å². The molecule has 0 aromatic heterocycles. The number of carboxylic acids is 1. The van der Waals surface area contributed by atoms with Gasteiger partial charge in [-0.15, -0.1) is 0 Å². The summed E-state index contributed by atoms with van der Waals surface area (Å²) in [6.07, 6.45) is 3.34. The number of carbonyl (C=O) groups is 2. The summed E-state index contributed by atoms with van der Waals surface area (Å²) in [5.74, 6) is -0.548. The van der Waals surface area contributed by atoms with Crippen molar-refractivity contribution < 1.29 is 19.4 Å². The van der Waals surface area contributed by atoms with Crippen molar-refractivity contribution in [3.63, 3.8) is 0 Å². The first-order valence-corrected chi connectivity index (χ1v) is 6.54. The van der Waals surface area contributed by atoms with E-state index in [4.69, 9.17) is 9.84 Å². The van der Waals surface area contributed by atoms with Gasteiger partial charge in [0.05, 0.1) is 17.6 Å². The summed E-state index contributed by atoms with van der Waals surface area (Å²) in [4.78, 5) is 22.8. The normalized spacial score (nSPS) is 28.1. The van der Waals surface area contributed by atoms with Gasteiger partial charge in [-0.1, -0.05) is 0 Å². The summed E-state index contributed by atoms with van der Waals surface area (Å²) in [7, 11) is 0. The van der Waals surface area contributed by atoms with E-state index >= 15 is 0 Å². The Hall–Kier alpha value is -1.10. The molecule has 102 valence electrons. The minimum Gasteiger partial charge on any atom is -0.481 e. The van der Waals surface area contributed by atoms with Gasteiger partial charge < -0.3 is 15.2 Å². The quantitative estimate of drug-likeness (QED) is 0.773. The van der Waals surface area contributed by atoms with Crippen LogP contribution in [0.5, 0.6) is 0 Å². The molecule has 1 heterocycles. The number of ether oxygens (including phenoxy) is 1. The average molecular weight is 255 g/mol. The Morgan fingerprint density at radius 2 is 2.00 bits per heavy atom. The van der Waals surface area contributed by atoms with Gasteiger partial charge in [-0.2, -0.15) is 0 Å². The van der Waals surface area contributed by atoms with Crippen LogP contribution in [-0.2, 0) is 14.3 Å². The molecular weight excluding hydrogens is 234 g/mol. The van der Waals surface area contributed by atoms with Crippen LogP contribution in [0.1, 0.15) is 39.5 Å². The number of carbonyl (C=O) groups excluding carboxylic acids is 1. The first-order valence-electron chi connectivity index (χ1n) is 6.54. The number of aliphatic carboxylic acids is 1. The maximum Gasteiger partial charge on any atom is 0.309 e. The second kappa shape index (κ2) is 4.88. The predicted molar refractivity (Wildman–Crippen MR) is 65.0 cm³/mol. The van der Waals surface area contributed by atoms with Gasteiger partial charge in [-0.05, 0) is 39.0 Å². The van der Waals surface area contributed by atoms with Crippen LogP contribution in [0.15, 0.2) is 0 Å². The number of rotatable bonds is 5. The molecule has 1 saturated heterocycles. The standard InChI is InChI=1S/C13H21NO4/c1-13(2,12(16)17)7-10(15)14-9-5-6-18-11(9)8-3-4-8/h8-9,11H,3-7H2,1-2H3,(H,14,15)(H,16,17). The number of hydrogen-bond acceptors (Lipinski definition) is 3. The van der Waals surface area contributed by atoms with Gasteiger partial charge in [0.2, 0.25) is 5.91 Å². The third kappa shape index (κ3) is 3.02. The molecule has 1 aliphatic carbocycles. The number of amides is 1. The van der Waals surface area contributed by atoms with Crippen molar-refractivity contribution >= 4 is 11.9 Å². The molecule has 2 N–H and O–H groups in total. The largest absolute Gasteiger partial charge is 0.481 e. The van der Waals surface area contributed by atoms with E-state index in [1.54, 1.807) is 13.8 Å². The van der Waals surface area contributed by atoms with E-state index in [1.165, 1.54) is 12.8 Å². The molecule has 2 rings (SSSR count). The molecule has 2 atom stereocenters. The Morgan fingerprint density at radius 3 is 2.56 bits per heavy atom. The maximum absolute atomic E-state index is 11.9. The van der Waals surface area contributed by atoms with Crippen LogP contribution < -0.4 is 5.32 Å². The topological polar surface area (TPSA) is 75.6 Å². The third-order valence-electron chi connectivity index (χ3n) is 3.75. The molecule has 0 bridgehead atoms. The van der Waals surface area contributed by atoms with Crippen molar-refractivity contribution in [3.05, 3.63) is 0 Å². The van der Waals surface area contributed by atoms with Crippen LogP contribution >= 0.6 is 0 Å². The zero-order valence-corrected chi connectivity index (χ0v) is 10.9. The first-order chi connectivity index (χ1) is 8.40. The second-order valence-electron chi connectivity index (χ2n) is 6.00.